The van der Waals surface area contributed by atoms with Crippen molar-refractivity contribution in [2.75, 3.05) is 18.4 Å². The largest absolute Gasteiger partial charge is 0.301 e. The van der Waals surface area contributed by atoms with Crippen molar-refractivity contribution in [2.24, 2.45) is 0 Å². The molecule has 1 amide bonds. The number of anilines is 1. The molecule has 4 nitrogen and oxygen atoms in total. The first-order valence-electron chi connectivity index (χ1n) is 8.75. The van der Waals surface area contributed by atoms with Crippen LogP contribution in [-0.4, -0.2) is 34.9 Å². The Morgan fingerprint density at radius 3 is 2.91 bits per heavy atom. The number of carbonyl (C=O) groups excluding carboxylic acids is 1. The highest BCUT2D eigenvalue weighted by Crippen LogP contribution is 2.29. The molecule has 1 aromatic heterocycles. The second-order valence-electron chi connectivity index (χ2n) is 6.48. The molecule has 0 radical (unpaired) electrons. The van der Waals surface area contributed by atoms with Crippen molar-refractivity contribution in [2.45, 2.75) is 63.8 Å². The molecule has 2 aliphatic rings. The number of thiazole rings is 1. The number of rotatable bonds is 3. The third-order valence-corrected chi connectivity index (χ3v) is 5.86. The summed E-state index contributed by atoms with van der Waals surface area (Å²) >= 11 is 1.66. The molecule has 23 heavy (non-hydrogen) atoms. The first kappa shape index (κ1) is 16.5. The topological polar surface area (TPSA) is 45.2 Å². The van der Waals surface area contributed by atoms with Gasteiger partial charge in [0.05, 0.1) is 18.3 Å². The molecular weight excluding hydrogens is 306 g/mol. The molecular formula is C18H25N3OS. The molecule has 1 atom stereocenters. The van der Waals surface area contributed by atoms with Crippen molar-refractivity contribution in [3.8, 4) is 12.3 Å². The Kier molecular flexibility index (Phi) is 5.69. The Bertz CT molecular complexity index is 564. The van der Waals surface area contributed by atoms with Crippen molar-refractivity contribution >= 4 is 22.4 Å². The van der Waals surface area contributed by atoms with E-state index in [0.717, 1.165) is 43.8 Å². The van der Waals surface area contributed by atoms with Gasteiger partial charge in [0.1, 0.15) is 0 Å². The lowest BCUT2D eigenvalue weighted by Gasteiger charge is -2.32. The number of nitrogens with zero attached hydrogens (tertiary/aromatic N) is 2. The molecule has 1 aliphatic heterocycles. The Morgan fingerprint density at radius 1 is 1.26 bits per heavy atom. The summed E-state index contributed by atoms with van der Waals surface area (Å²) in [6.07, 6.45) is 15.7. The molecule has 1 aromatic rings. The number of hydrogen-bond acceptors (Lipinski definition) is 4. The number of fused-ring (bicyclic) bond motifs is 1. The maximum atomic E-state index is 12.6. The Morgan fingerprint density at radius 2 is 2.09 bits per heavy atom. The first-order valence-corrected chi connectivity index (χ1v) is 9.56. The number of nitrogens with one attached hydrogen (secondary N) is 1. The van der Waals surface area contributed by atoms with Crippen LogP contribution in [-0.2, 0) is 17.6 Å². The van der Waals surface area contributed by atoms with Crippen LogP contribution in [0, 0.1) is 12.3 Å². The predicted octanol–water partition coefficient (Wildman–Crippen LogP) is 3.23. The van der Waals surface area contributed by atoms with E-state index in [9.17, 15) is 4.79 Å². The third-order valence-electron chi connectivity index (χ3n) is 4.79. The zero-order valence-electron chi connectivity index (χ0n) is 13.6. The normalized spacial score (nSPS) is 22.5. The number of aryl methyl sites for hydroxylation is 2. The van der Waals surface area contributed by atoms with Crippen LogP contribution in [0.5, 0.6) is 0 Å². The average molecular weight is 331 g/mol. The molecule has 0 bridgehead atoms. The summed E-state index contributed by atoms with van der Waals surface area (Å²) in [6, 6.07) is -0.105. The van der Waals surface area contributed by atoms with Crippen molar-refractivity contribution < 1.29 is 4.79 Å². The summed E-state index contributed by atoms with van der Waals surface area (Å²) in [7, 11) is 0. The molecule has 0 saturated carbocycles. The summed E-state index contributed by atoms with van der Waals surface area (Å²) in [5, 5.41) is 3.83. The lowest BCUT2D eigenvalue weighted by molar-refractivity contribution is -0.122. The smallest absolute Gasteiger partial charge is 0.243 e. The van der Waals surface area contributed by atoms with Gasteiger partial charge < -0.3 is 5.32 Å². The van der Waals surface area contributed by atoms with Gasteiger partial charge in [-0.25, -0.2) is 4.98 Å². The molecule has 0 spiro atoms. The SMILES string of the molecule is C#CCN1CCCCC1C(=O)Nc1nc2c(s1)CCCCCC2. The number of terminal acetylenes is 1. The molecule has 5 heteroatoms. The van der Waals surface area contributed by atoms with Crippen LogP contribution in [0.1, 0.15) is 55.5 Å². The number of carbonyl (C=O) groups is 1. The molecule has 0 aromatic carbocycles. The quantitative estimate of drug-likeness (QED) is 0.865. The molecule has 3 rings (SSSR count). The predicted molar refractivity (Wildman–Crippen MR) is 94.7 cm³/mol. The van der Waals surface area contributed by atoms with Gasteiger partial charge in [-0.2, -0.15) is 0 Å². The zero-order chi connectivity index (χ0) is 16.1. The van der Waals surface area contributed by atoms with Crippen molar-refractivity contribution in [1.82, 2.24) is 9.88 Å². The molecule has 1 saturated heterocycles. The molecule has 1 unspecified atom stereocenters. The standard InChI is InChI=1S/C18H25N3OS/c1-2-12-21-13-8-7-10-15(21)17(22)20-18-19-14-9-5-3-4-6-11-16(14)23-18/h1,15H,3-13H2,(H,19,20,22). The van der Waals surface area contributed by atoms with Gasteiger partial charge in [0.25, 0.3) is 0 Å². The maximum Gasteiger partial charge on any atom is 0.243 e. The van der Waals surface area contributed by atoms with E-state index in [1.165, 1.54) is 36.3 Å². The minimum absolute atomic E-state index is 0.0571. The second kappa shape index (κ2) is 7.94. The third kappa shape index (κ3) is 4.13. The van der Waals surface area contributed by atoms with Crippen molar-refractivity contribution in [1.29, 1.82) is 0 Å². The van der Waals surface area contributed by atoms with E-state index in [-0.39, 0.29) is 11.9 Å². The Hall–Kier alpha value is -1.38. The Labute approximate surface area is 142 Å². The van der Waals surface area contributed by atoms with Crippen LogP contribution in [0.4, 0.5) is 5.13 Å². The molecule has 1 aliphatic carbocycles. The van der Waals surface area contributed by atoms with Gasteiger partial charge in [-0.05, 0) is 45.1 Å². The fourth-order valence-corrected chi connectivity index (χ4v) is 4.59. The highest BCUT2D eigenvalue weighted by molar-refractivity contribution is 7.15. The van der Waals surface area contributed by atoms with E-state index in [1.54, 1.807) is 11.3 Å². The second-order valence-corrected chi connectivity index (χ2v) is 7.56. The van der Waals surface area contributed by atoms with Crippen molar-refractivity contribution in [3.63, 3.8) is 0 Å². The summed E-state index contributed by atoms with van der Waals surface area (Å²) in [5.74, 6) is 2.73. The van der Waals surface area contributed by atoms with Crippen LogP contribution >= 0.6 is 11.3 Å². The van der Waals surface area contributed by atoms with Gasteiger partial charge in [0, 0.05) is 4.88 Å². The zero-order valence-corrected chi connectivity index (χ0v) is 14.5. The highest BCUT2D eigenvalue weighted by Gasteiger charge is 2.28. The fourth-order valence-electron chi connectivity index (χ4n) is 3.54. The lowest BCUT2D eigenvalue weighted by Crippen LogP contribution is -2.47. The summed E-state index contributed by atoms with van der Waals surface area (Å²) < 4.78 is 0. The van der Waals surface area contributed by atoms with E-state index in [0.29, 0.717) is 6.54 Å². The molecule has 124 valence electrons. The first-order chi connectivity index (χ1) is 11.3. The molecule has 1 fully saturated rings. The van der Waals surface area contributed by atoms with Gasteiger partial charge in [-0.15, -0.1) is 17.8 Å². The minimum Gasteiger partial charge on any atom is -0.301 e. The van der Waals surface area contributed by atoms with Crippen LogP contribution in [0.2, 0.25) is 0 Å². The van der Waals surface area contributed by atoms with Crippen molar-refractivity contribution in [3.05, 3.63) is 10.6 Å². The van der Waals surface area contributed by atoms with Gasteiger partial charge >= 0.3 is 0 Å². The van der Waals surface area contributed by atoms with E-state index in [4.69, 9.17) is 6.42 Å². The van der Waals surface area contributed by atoms with E-state index >= 15 is 0 Å². The van der Waals surface area contributed by atoms with Gasteiger partial charge in [-0.1, -0.05) is 25.2 Å². The van der Waals surface area contributed by atoms with Gasteiger partial charge in [0.2, 0.25) is 5.91 Å². The van der Waals surface area contributed by atoms with E-state index < -0.39 is 0 Å². The van der Waals surface area contributed by atoms with Crippen LogP contribution in [0.3, 0.4) is 0 Å². The summed E-state index contributed by atoms with van der Waals surface area (Å²) in [6.45, 7) is 1.46. The van der Waals surface area contributed by atoms with Crippen LogP contribution in [0.25, 0.3) is 0 Å². The number of piperidine rings is 1. The molecule has 1 N–H and O–H groups in total. The van der Waals surface area contributed by atoms with Crippen LogP contribution < -0.4 is 5.32 Å². The fraction of sp³-hybridized carbons (Fsp3) is 0.667. The minimum atomic E-state index is -0.105. The van der Waals surface area contributed by atoms with E-state index in [2.05, 4.69) is 21.1 Å². The lowest BCUT2D eigenvalue weighted by atomic mass is 10.0. The Balaban J connectivity index is 1.67. The number of hydrogen-bond donors (Lipinski definition) is 1. The van der Waals surface area contributed by atoms with Crippen LogP contribution in [0.15, 0.2) is 0 Å². The highest BCUT2D eigenvalue weighted by atomic mass is 32.1. The summed E-state index contributed by atoms with van der Waals surface area (Å²) in [5.41, 5.74) is 1.20. The van der Waals surface area contributed by atoms with Gasteiger partial charge in [0.15, 0.2) is 5.13 Å². The number of amides is 1. The monoisotopic (exact) mass is 331 g/mol. The van der Waals surface area contributed by atoms with E-state index in [1.807, 2.05) is 0 Å². The maximum absolute atomic E-state index is 12.6. The number of aromatic nitrogens is 1. The summed E-state index contributed by atoms with van der Waals surface area (Å²) in [4.78, 5) is 20.8. The van der Waals surface area contributed by atoms with Gasteiger partial charge in [-0.3, -0.25) is 9.69 Å². The average Bonchev–Trinajstić information content (AvgIpc) is 2.89. The number of likely N-dealkylation sites (tertiary alicyclic amines) is 1. The molecule has 2 heterocycles.